The van der Waals surface area contributed by atoms with E-state index >= 15 is 0 Å². The van der Waals surface area contributed by atoms with Crippen molar-refractivity contribution < 1.29 is 0 Å². The summed E-state index contributed by atoms with van der Waals surface area (Å²) in [4.78, 5) is 11.6. The molecule has 0 bridgehead atoms. The van der Waals surface area contributed by atoms with Gasteiger partial charge in [0.2, 0.25) is 0 Å². The van der Waals surface area contributed by atoms with Crippen molar-refractivity contribution in [2.45, 2.75) is 6.92 Å². The summed E-state index contributed by atoms with van der Waals surface area (Å²) in [5.74, 6) is 0. The number of aromatic nitrogens is 2. The van der Waals surface area contributed by atoms with Gasteiger partial charge in [-0.15, -0.1) is 0 Å². The monoisotopic (exact) mass is 385 g/mol. The van der Waals surface area contributed by atoms with Crippen LogP contribution < -0.4 is 10.6 Å². The maximum Gasteiger partial charge on any atom is 0.0490 e. The summed E-state index contributed by atoms with van der Waals surface area (Å²) in [6.45, 7) is 6.40. The molecule has 0 radical (unpaired) electrons. The molecule has 2 aromatic heterocycles. The number of benzene rings is 2. The fourth-order valence-electron chi connectivity index (χ4n) is 4.38. The number of nitrogens with two attached hydrogens (primary N) is 1. The van der Waals surface area contributed by atoms with Crippen LogP contribution in [-0.4, -0.2) is 48.1 Å². The van der Waals surface area contributed by atoms with Gasteiger partial charge in [-0.05, 0) is 37.7 Å². The van der Waals surface area contributed by atoms with Gasteiger partial charge in [0.25, 0.3) is 0 Å². The molecule has 0 unspecified atom stereocenters. The van der Waals surface area contributed by atoms with E-state index in [0.29, 0.717) is 0 Å². The van der Waals surface area contributed by atoms with Gasteiger partial charge in [0.1, 0.15) is 0 Å². The molecule has 4 N–H and O–H groups in total. The normalized spacial score (nSPS) is 15.3. The van der Waals surface area contributed by atoms with E-state index in [1.807, 2.05) is 6.07 Å². The average molecular weight is 386 g/mol. The average Bonchev–Trinajstić information content (AvgIpc) is 3.36. The van der Waals surface area contributed by atoms with Crippen LogP contribution in [0.3, 0.4) is 0 Å². The Labute approximate surface area is 171 Å². The molecule has 1 saturated heterocycles. The molecule has 0 spiro atoms. The lowest BCUT2D eigenvalue weighted by Gasteiger charge is -2.34. The number of para-hydroxylation sites is 1. The Balaban J connectivity index is 1.58. The molecular formula is C24H27N5. The number of aryl methyl sites for hydroxylation is 1. The van der Waals surface area contributed by atoms with Gasteiger partial charge < -0.3 is 25.5 Å². The smallest absolute Gasteiger partial charge is 0.0490 e. The van der Waals surface area contributed by atoms with Gasteiger partial charge in [-0.3, -0.25) is 0 Å². The van der Waals surface area contributed by atoms with Gasteiger partial charge in [-0.1, -0.05) is 18.2 Å². The third kappa shape index (κ3) is 3.08. The van der Waals surface area contributed by atoms with Crippen LogP contribution in [0, 0.1) is 6.92 Å². The quantitative estimate of drug-likeness (QED) is 0.456. The molecule has 1 aliphatic rings. The first-order valence-corrected chi connectivity index (χ1v) is 10.2. The van der Waals surface area contributed by atoms with Crippen molar-refractivity contribution in [2.75, 3.05) is 43.9 Å². The molecule has 29 heavy (non-hydrogen) atoms. The fraction of sp³-hybridized carbons (Fsp3) is 0.250. The van der Waals surface area contributed by atoms with Crippen molar-refractivity contribution in [2.24, 2.45) is 0 Å². The number of nitrogens with one attached hydrogen (secondary N) is 2. The van der Waals surface area contributed by atoms with E-state index in [-0.39, 0.29) is 0 Å². The maximum absolute atomic E-state index is 6.44. The van der Waals surface area contributed by atoms with Crippen LogP contribution in [0.1, 0.15) is 5.56 Å². The Morgan fingerprint density at radius 2 is 1.62 bits per heavy atom. The fourth-order valence-corrected chi connectivity index (χ4v) is 4.38. The zero-order valence-corrected chi connectivity index (χ0v) is 17.0. The third-order valence-corrected chi connectivity index (χ3v) is 6.15. The Morgan fingerprint density at radius 3 is 2.41 bits per heavy atom. The Kier molecular flexibility index (Phi) is 4.32. The highest BCUT2D eigenvalue weighted by molar-refractivity contribution is 6.01. The number of aromatic amines is 2. The molecule has 5 nitrogen and oxygen atoms in total. The van der Waals surface area contributed by atoms with Crippen molar-refractivity contribution in [3.05, 3.63) is 60.6 Å². The van der Waals surface area contributed by atoms with Crippen LogP contribution in [0.2, 0.25) is 0 Å². The lowest BCUT2D eigenvalue weighted by atomic mass is 9.96. The zero-order chi connectivity index (χ0) is 20.0. The largest absolute Gasteiger partial charge is 0.398 e. The number of hydrogen-bond donors (Lipinski definition) is 3. The van der Waals surface area contributed by atoms with Crippen molar-refractivity contribution in [3.63, 3.8) is 0 Å². The number of nitrogens with zero attached hydrogens (tertiary/aromatic N) is 2. The summed E-state index contributed by atoms with van der Waals surface area (Å²) in [5, 5.41) is 1.24. The van der Waals surface area contributed by atoms with Crippen LogP contribution in [-0.2, 0) is 0 Å². The van der Waals surface area contributed by atoms with Gasteiger partial charge >= 0.3 is 0 Å². The number of rotatable bonds is 3. The SMILES string of the molecule is Cc1cccc2c(-c3c[nH]cc3-c3cc(N4CCN(C)CC4)ccc3N)c[nH]c12. The molecule has 0 atom stereocenters. The number of likely N-dealkylation sites (N-methyl/N-ethyl adjacent to an activating group) is 1. The molecule has 2 aromatic carbocycles. The predicted molar refractivity (Wildman–Crippen MR) is 122 cm³/mol. The Hall–Kier alpha value is -3.18. The van der Waals surface area contributed by atoms with Crippen LogP contribution >= 0.6 is 0 Å². The summed E-state index contributed by atoms with van der Waals surface area (Å²) in [6, 6.07) is 12.9. The molecule has 5 heteroatoms. The van der Waals surface area contributed by atoms with E-state index < -0.39 is 0 Å². The lowest BCUT2D eigenvalue weighted by molar-refractivity contribution is 0.313. The van der Waals surface area contributed by atoms with Gasteiger partial charge in [0.05, 0.1) is 0 Å². The van der Waals surface area contributed by atoms with Gasteiger partial charge in [0.15, 0.2) is 0 Å². The maximum atomic E-state index is 6.44. The van der Waals surface area contributed by atoms with E-state index in [1.54, 1.807) is 0 Å². The molecular weight excluding hydrogens is 358 g/mol. The molecule has 0 amide bonds. The number of nitrogen functional groups attached to an aromatic ring is 1. The molecule has 1 fully saturated rings. The Bertz CT molecular complexity index is 1160. The third-order valence-electron chi connectivity index (χ3n) is 6.15. The summed E-state index contributed by atoms with van der Waals surface area (Å²) in [5.41, 5.74) is 15.5. The van der Waals surface area contributed by atoms with E-state index in [4.69, 9.17) is 5.73 Å². The molecule has 0 saturated carbocycles. The first-order valence-electron chi connectivity index (χ1n) is 10.2. The Morgan fingerprint density at radius 1 is 0.862 bits per heavy atom. The summed E-state index contributed by atoms with van der Waals surface area (Å²) >= 11 is 0. The van der Waals surface area contributed by atoms with Crippen molar-refractivity contribution in [3.8, 4) is 22.3 Å². The summed E-state index contributed by atoms with van der Waals surface area (Å²) in [7, 11) is 2.18. The minimum atomic E-state index is 0.805. The van der Waals surface area contributed by atoms with E-state index in [9.17, 15) is 0 Å². The number of hydrogen-bond acceptors (Lipinski definition) is 3. The second-order valence-electron chi connectivity index (χ2n) is 8.04. The zero-order valence-electron chi connectivity index (χ0n) is 17.0. The minimum absolute atomic E-state index is 0.805. The number of piperazine rings is 1. The second-order valence-corrected chi connectivity index (χ2v) is 8.04. The standard InChI is InChI=1S/C24H27N5/c1-16-4-3-5-18-22(15-27-24(16)18)21-14-26-13-20(21)19-12-17(6-7-23(19)25)29-10-8-28(2)9-11-29/h3-7,12-15,26-27H,8-11,25H2,1-2H3. The van der Waals surface area contributed by atoms with Crippen LogP contribution in [0.4, 0.5) is 11.4 Å². The van der Waals surface area contributed by atoms with Gasteiger partial charge in [0, 0.05) is 89.3 Å². The van der Waals surface area contributed by atoms with E-state index in [2.05, 4.69) is 82.7 Å². The van der Waals surface area contributed by atoms with E-state index in [1.165, 1.54) is 33.3 Å². The van der Waals surface area contributed by atoms with Crippen LogP contribution in [0.5, 0.6) is 0 Å². The predicted octanol–water partition coefficient (Wildman–Crippen LogP) is 4.47. The van der Waals surface area contributed by atoms with Crippen molar-refractivity contribution >= 4 is 22.3 Å². The molecule has 0 aliphatic carbocycles. The highest BCUT2D eigenvalue weighted by Gasteiger charge is 2.18. The van der Waals surface area contributed by atoms with Crippen LogP contribution in [0.15, 0.2) is 55.0 Å². The minimum Gasteiger partial charge on any atom is -0.398 e. The number of anilines is 2. The molecule has 1 aliphatic heterocycles. The van der Waals surface area contributed by atoms with Crippen molar-refractivity contribution in [1.29, 1.82) is 0 Å². The van der Waals surface area contributed by atoms with Gasteiger partial charge in [-0.25, -0.2) is 0 Å². The highest BCUT2D eigenvalue weighted by Crippen LogP contribution is 2.40. The first kappa shape index (κ1) is 17.9. The first-order chi connectivity index (χ1) is 14.1. The summed E-state index contributed by atoms with van der Waals surface area (Å²) < 4.78 is 0. The topological polar surface area (TPSA) is 64.1 Å². The molecule has 148 valence electrons. The highest BCUT2D eigenvalue weighted by atomic mass is 15.2. The van der Waals surface area contributed by atoms with Crippen LogP contribution in [0.25, 0.3) is 33.2 Å². The van der Waals surface area contributed by atoms with Crippen molar-refractivity contribution in [1.82, 2.24) is 14.9 Å². The molecule has 5 rings (SSSR count). The molecule has 4 aromatic rings. The van der Waals surface area contributed by atoms with E-state index in [0.717, 1.165) is 43.0 Å². The molecule has 3 heterocycles. The number of fused-ring (bicyclic) bond motifs is 1. The van der Waals surface area contributed by atoms with Gasteiger partial charge in [-0.2, -0.15) is 0 Å². The summed E-state index contributed by atoms with van der Waals surface area (Å²) in [6.07, 6.45) is 6.23. The second kappa shape index (κ2) is 7.01. The number of H-pyrrole nitrogens is 2. The lowest BCUT2D eigenvalue weighted by Crippen LogP contribution is -2.44.